The first-order valence-electron chi connectivity index (χ1n) is 4.01. The van der Waals surface area contributed by atoms with E-state index in [2.05, 4.69) is 20.3 Å². The highest BCUT2D eigenvalue weighted by atomic mass is 32.1. The van der Waals surface area contributed by atoms with Gasteiger partial charge in [0, 0.05) is 17.8 Å². The van der Waals surface area contributed by atoms with E-state index in [0.717, 1.165) is 5.82 Å². The molecule has 0 saturated carbocycles. The molecule has 2 rings (SSSR count). The minimum absolute atomic E-state index is 0.178. The van der Waals surface area contributed by atoms with Gasteiger partial charge in [0.25, 0.3) is 5.91 Å². The number of carbonyl (C=O) groups excluding carboxylic acids is 1. The number of hydrogen-bond donors (Lipinski definition) is 2. The number of nitrogens with one attached hydrogen (secondary N) is 2. The summed E-state index contributed by atoms with van der Waals surface area (Å²) in [5.41, 5.74) is 2.07. The quantitative estimate of drug-likeness (QED) is 0.783. The Balaban J connectivity index is 1.90. The lowest BCUT2D eigenvalue weighted by molar-refractivity contribution is 0.0945. The van der Waals surface area contributed by atoms with Crippen LogP contribution in [0.25, 0.3) is 0 Å². The molecule has 0 aliphatic heterocycles. The first kappa shape index (κ1) is 8.89. The highest BCUT2D eigenvalue weighted by Gasteiger charge is 2.06. The van der Waals surface area contributed by atoms with Crippen LogP contribution < -0.4 is 5.32 Å². The third-order valence-electron chi connectivity index (χ3n) is 1.64. The summed E-state index contributed by atoms with van der Waals surface area (Å²) in [7, 11) is 0. The predicted molar refractivity (Wildman–Crippen MR) is 51.9 cm³/mol. The minimum Gasteiger partial charge on any atom is -0.347 e. The lowest BCUT2D eigenvalue weighted by atomic mass is 10.4. The zero-order valence-corrected chi connectivity index (χ0v) is 8.04. The lowest BCUT2D eigenvalue weighted by Gasteiger charge is -1.99. The summed E-state index contributed by atoms with van der Waals surface area (Å²) < 4.78 is 0. The molecule has 0 bridgehead atoms. The highest BCUT2D eigenvalue weighted by Crippen LogP contribution is 2.00. The predicted octanol–water partition coefficient (Wildman–Crippen LogP) is 0.796. The number of carbonyl (C=O) groups is 1. The largest absolute Gasteiger partial charge is 0.347 e. The molecule has 1 amide bonds. The molecule has 0 spiro atoms. The Morgan fingerprint density at radius 1 is 1.57 bits per heavy atom. The van der Waals surface area contributed by atoms with E-state index in [9.17, 15) is 4.79 Å². The van der Waals surface area contributed by atoms with Crippen molar-refractivity contribution < 1.29 is 4.79 Å². The van der Waals surface area contributed by atoms with E-state index in [0.29, 0.717) is 12.2 Å². The topological polar surface area (TPSA) is 70.7 Å². The van der Waals surface area contributed by atoms with Gasteiger partial charge in [0.15, 0.2) is 0 Å². The molecule has 0 aliphatic rings. The number of rotatable bonds is 3. The molecule has 2 N–H and O–H groups in total. The fourth-order valence-electron chi connectivity index (χ4n) is 0.974. The van der Waals surface area contributed by atoms with E-state index in [1.54, 1.807) is 23.3 Å². The Kier molecular flexibility index (Phi) is 2.55. The van der Waals surface area contributed by atoms with Gasteiger partial charge in [-0.3, -0.25) is 4.79 Å². The van der Waals surface area contributed by atoms with Crippen molar-refractivity contribution in [2.75, 3.05) is 0 Å². The summed E-state index contributed by atoms with van der Waals surface area (Å²) in [4.78, 5) is 22.2. The van der Waals surface area contributed by atoms with Crippen molar-refractivity contribution in [3.05, 3.63) is 34.8 Å². The molecule has 14 heavy (non-hydrogen) atoms. The van der Waals surface area contributed by atoms with Crippen LogP contribution in [0.3, 0.4) is 0 Å². The Hall–Kier alpha value is -1.69. The second kappa shape index (κ2) is 4.01. The monoisotopic (exact) mass is 208 g/mol. The highest BCUT2D eigenvalue weighted by molar-refractivity contribution is 7.07. The summed E-state index contributed by atoms with van der Waals surface area (Å²) in [5.74, 6) is 0.552. The van der Waals surface area contributed by atoms with Gasteiger partial charge in [-0.15, -0.1) is 11.3 Å². The molecule has 0 saturated heterocycles. The van der Waals surface area contributed by atoms with Crippen molar-refractivity contribution in [2.24, 2.45) is 0 Å². The number of imidazole rings is 1. The number of aromatic nitrogens is 3. The normalized spacial score (nSPS) is 10.0. The van der Waals surface area contributed by atoms with Crippen molar-refractivity contribution in [3.63, 3.8) is 0 Å². The number of hydrogen-bond acceptors (Lipinski definition) is 4. The summed E-state index contributed by atoms with van der Waals surface area (Å²) >= 11 is 1.40. The van der Waals surface area contributed by atoms with Crippen molar-refractivity contribution in [3.8, 4) is 0 Å². The Bertz CT molecular complexity index is 395. The average Bonchev–Trinajstić information content (AvgIpc) is 2.87. The maximum Gasteiger partial charge on any atom is 0.271 e. The third kappa shape index (κ3) is 1.97. The van der Waals surface area contributed by atoms with Gasteiger partial charge < -0.3 is 10.3 Å². The van der Waals surface area contributed by atoms with Gasteiger partial charge in [0.05, 0.1) is 12.1 Å². The summed E-state index contributed by atoms with van der Waals surface area (Å²) in [6.45, 7) is 0.392. The van der Waals surface area contributed by atoms with Crippen LogP contribution in [-0.2, 0) is 6.54 Å². The third-order valence-corrected chi connectivity index (χ3v) is 2.22. The van der Waals surface area contributed by atoms with Crippen molar-refractivity contribution in [2.45, 2.75) is 6.54 Å². The molecule has 2 heterocycles. The second-order valence-electron chi connectivity index (χ2n) is 2.59. The minimum atomic E-state index is -0.178. The number of aromatic amines is 1. The summed E-state index contributed by atoms with van der Waals surface area (Å²) in [5, 5.41) is 4.40. The molecule has 0 aromatic carbocycles. The first-order valence-corrected chi connectivity index (χ1v) is 4.95. The van der Waals surface area contributed by atoms with Crippen LogP contribution in [0.1, 0.15) is 16.3 Å². The molecule has 0 fully saturated rings. The molecule has 72 valence electrons. The molecular weight excluding hydrogens is 200 g/mol. The van der Waals surface area contributed by atoms with Crippen molar-refractivity contribution in [1.29, 1.82) is 0 Å². The zero-order chi connectivity index (χ0) is 9.80. The van der Waals surface area contributed by atoms with Crippen LogP contribution in [0.15, 0.2) is 23.3 Å². The number of H-pyrrole nitrogens is 1. The molecule has 0 aliphatic carbocycles. The van der Waals surface area contributed by atoms with Gasteiger partial charge in [-0.2, -0.15) is 0 Å². The Morgan fingerprint density at radius 3 is 3.14 bits per heavy atom. The van der Waals surface area contributed by atoms with E-state index in [-0.39, 0.29) is 5.91 Å². The number of amides is 1. The maximum absolute atomic E-state index is 11.4. The second-order valence-corrected chi connectivity index (χ2v) is 3.31. The van der Waals surface area contributed by atoms with Crippen molar-refractivity contribution >= 4 is 17.2 Å². The maximum atomic E-state index is 11.4. The van der Waals surface area contributed by atoms with Gasteiger partial charge in [0.2, 0.25) is 0 Å². The molecule has 6 heteroatoms. The SMILES string of the molecule is O=C(NCc1ncc[nH]1)c1cscn1. The average molecular weight is 208 g/mol. The van der Waals surface area contributed by atoms with E-state index < -0.39 is 0 Å². The zero-order valence-electron chi connectivity index (χ0n) is 7.23. The fourth-order valence-corrected chi connectivity index (χ4v) is 1.51. The molecule has 0 atom stereocenters. The smallest absolute Gasteiger partial charge is 0.271 e. The Morgan fingerprint density at radius 2 is 2.50 bits per heavy atom. The fraction of sp³-hybridized carbons (Fsp3) is 0.125. The van der Waals surface area contributed by atoms with Gasteiger partial charge in [0.1, 0.15) is 11.5 Å². The van der Waals surface area contributed by atoms with Crippen LogP contribution in [0.4, 0.5) is 0 Å². The number of nitrogens with zero attached hydrogens (tertiary/aromatic N) is 2. The van der Waals surface area contributed by atoms with E-state index >= 15 is 0 Å². The van der Waals surface area contributed by atoms with Gasteiger partial charge in [-0.25, -0.2) is 9.97 Å². The molecule has 0 unspecified atom stereocenters. The van der Waals surface area contributed by atoms with Crippen LogP contribution in [0, 0.1) is 0 Å². The van der Waals surface area contributed by atoms with Crippen LogP contribution in [0.2, 0.25) is 0 Å². The van der Waals surface area contributed by atoms with Gasteiger partial charge >= 0.3 is 0 Å². The molecule has 2 aromatic heterocycles. The van der Waals surface area contributed by atoms with Crippen LogP contribution in [-0.4, -0.2) is 20.9 Å². The van der Waals surface area contributed by atoms with Crippen molar-refractivity contribution in [1.82, 2.24) is 20.3 Å². The lowest BCUT2D eigenvalue weighted by Crippen LogP contribution is -2.23. The first-order chi connectivity index (χ1) is 6.86. The van der Waals surface area contributed by atoms with Gasteiger partial charge in [-0.1, -0.05) is 0 Å². The number of thiazole rings is 1. The van der Waals surface area contributed by atoms with E-state index in [1.165, 1.54) is 11.3 Å². The van der Waals surface area contributed by atoms with E-state index in [4.69, 9.17) is 0 Å². The van der Waals surface area contributed by atoms with E-state index in [1.807, 2.05) is 0 Å². The van der Waals surface area contributed by atoms with Gasteiger partial charge in [-0.05, 0) is 0 Å². The van der Waals surface area contributed by atoms with Crippen LogP contribution in [0.5, 0.6) is 0 Å². The standard InChI is InChI=1S/C8H8N4OS/c13-8(6-4-14-5-12-6)11-3-7-9-1-2-10-7/h1-2,4-5H,3H2,(H,9,10)(H,11,13). The summed E-state index contributed by atoms with van der Waals surface area (Å²) in [6.07, 6.45) is 3.36. The molecule has 5 nitrogen and oxygen atoms in total. The molecular formula is C8H8N4OS. The molecule has 2 aromatic rings. The molecule has 0 radical (unpaired) electrons. The summed E-state index contributed by atoms with van der Waals surface area (Å²) in [6, 6.07) is 0. The Labute approximate surface area is 84.2 Å². The van der Waals surface area contributed by atoms with Crippen LogP contribution >= 0.6 is 11.3 Å².